The molecule has 0 unspecified atom stereocenters. The van der Waals surface area contributed by atoms with Crippen LogP contribution in [0.3, 0.4) is 0 Å². The Balaban J connectivity index is 1.94. The van der Waals surface area contributed by atoms with Gasteiger partial charge in [-0.25, -0.2) is 4.98 Å². The van der Waals surface area contributed by atoms with Crippen molar-refractivity contribution in [3.05, 3.63) is 22.1 Å². The Morgan fingerprint density at radius 3 is 3.00 bits per heavy atom. The smallest absolute Gasteiger partial charge is 0.139 e. The topological polar surface area (TPSA) is 63.8 Å². The van der Waals surface area contributed by atoms with Gasteiger partial charge in [0.25, 0.3) is 0 Å². The van der Waals surface area contributed by atoms with Crippen LogP contribution in [-0.2, 0) is 6.54 Å². The Morgan fingerprint density at radius 2 is 2.43 bits per heavy atom. The molecule has 0 saturated heterocycles. The highest BCUT2D eigenvalue weighted by atomic mass is 32.1. The minimum Gasteiger partial charge on any atom is -0.383 e. The van der Waals surface area contributed by atoms with Crippen LogP contribution in [0.2, 0.25) is 0 Å². The third-order valence-corrected chi connectivity index (χ3v) is 3.31. The number of anilines is 2. The lowest BCUT2D eigenvalue weighted by atomic mass is 10.5. The van der Waals surface area contributed by atoms with Crippen LogP contribution >= 0.6 is 22.9 Å². The molecule has 0 aromatic carbocycles. The van der Waals surface area contributed by atoms with E-state index in [1.54, 1.807) is 11.3 Å². The molecule has 2 rings (SSSR count). The third-order valence-electron chi connectivity index (χ3n) is 1.63. The van der Waals surface area contributed by atoms with Crippen LogP contribution in [0.4, 0.5) is 10.8 Å². The Hall–Kier alpha value is -1.14. The monoisotopic (exact) mass is 226 g/mol. The number of rotatable bonds is 3. The first-order chi connectivity index (χ1) is 6.74. The van der Waals surface area contributed by atoms with E-state index >= 15 is 0 Å². The van der Waals surface area contributed by atoms with E-state index in [-0.39, 0.29) is 0 Å². The minimum absolute atomic E-state index is 0.568. The van der Waals surface area contributed by atoms with Gasteiger partial charge in [0.2, 0.25) is 0 Å². The molecule has 2 heterocycles. The number of nitrogen functional groups attached to an aromatic ring is 1. The average Bonchev–Trinajstić information content (AvgIpc) is 2.72. The van der Waals surface area contributed by atoms with Gasteiger partial charge in [0.1, 0.15) is 10.8 Å². The Morgan fingerprint density at radius 1 is 1.57 bits per heavy atom. The summed E-state index contributed by atoms with van der Waals surface area (Å²) in [6.07, 6.45) is 1.89. The molecule has 0 atom stereocenters. The first kappa shape index (κ1) is 9.42. The molecule has 0 saturated carbocycles. The van der Waals surface area contributed by atoms with Crippen molar-refractivity contribution in [2.75, 3.05) is 11.1 Å². The number of hydrogen-bond donors (Lipinski definition) is 2. The molecule has 2 aromatic rings. The van der Waals surface area contributed by atoms with Crippen LogP contribution in [0.1, 0.15) is 9.88 Å². The lowest BCUT2D eigenvalue weighted by Gasteiger charge is -1.97. The number of nitrogens with zero attached hydrogens (tertiary/aromatic N) is 2. The first-order valence-corrected chi connectivity index (χ1v) is 5.70. The Labute approximate surface area is 90.0 Å². The molecular weight excluding hydrogens is 216 g/mol. The summed E-state index contributed by atoms with van der Waals surface area (Å²) in [4.78, 5) is 5.39. The number of aryl methyl sites for hydroxylation is 1. The van der Waals surface area contributed by atoms with Gasteiger partial charge in [-0.05, 0) is 18.5 Å². The summed E-state index contributed by atoms with van der Waals surface area (Å²) >= 11 is 3.07. The lowest BCUT2D eigenvalue weighted by Crippen LogP contribution is -1.94. The zero-order valence-electron chi connectivity index (χ0n) is 7.65. The summed E-state index contributed by atoms with van der Waals surface area (Å²) in [5.74, 6) is 0.568. The van der Waals surface area contributed by atoms with Gasteiger partial charge in [0.05, 0.1) is 11.6 Å². The fourth-order valence-electron chi connectivity index (χ4n) is 1.03. The zero-order chi connectivity index (χ0) is 9.97. The molecule has 0 bridgehead atoms. The van der Waals surface area contributed by atoms with Crippen molar-refractivity contribution in [3.8, 4) is 0 Å². The lowest BCUT2D eigenvalue weighted by molar-refractivity contribution is 1.18. The van der Waals surface area contributed by atoms with Crippen molar-refractivity contribution >= 4 is 33.7 Å². The summed E-state index contributed by atoms with van der Waals surface area (Å²) in [5, 5.41) is 5.32. The summed E-state index contributed by atoms with van der Waals surface area (Å²) in [6.45, 7) is 2.78. The third kappa shape index (κ3) is 2.21. The predicted molar refractivity (Wildman–Crippen MR) is 60.7 cm³/mol. The van der Waals surface area contributed by atoms with Gasteiger partial charge in [-0.1, -0.05) is 0 Å². The molecule has 0 aliphatic heterocycles. The van der Waals surface area contributed by atoms with E-state index in [1.807, 2.05) is 19.2 Å². The van der Waals surface area contributed by atoms with Gasteiger partial charge < -0.3 is 11.1 Å². The zero-order valence-corrected chi connectivity index (χ0v) is 9.28. The normalized spacial score (nSPS) is 10.4. The Kier molecular flexibility index (Phi) is 2.64. The van der Waals surface area contributed by atoms with Crippen molar-refractivity contribution in [1.29, 1.82) is 0 Å². The van der Waals surface area contributed by atoms with Gasteiger partial charge in [-0.15, -0.1) is 11.3 Å². The summed E-state index contributed by atoms with van der Waals surface area (Å²) in [7, 11) is 0. The average molecular weight is 226 g/mol. The molecule has 4 nitrogen and oxygen atoms in total. The second-order valence-electron chi connectivity index (χ2n) is 2.82. The second-order valence-corrected chi connectivity index (χ2v) is 4.94. The van der Waals surface area contributed by atoms with Crippen LogP contribution in [0.25, 0.3) is 0 Å². The maximum atomic E-state index is 5.50. The van der Waals surface area contributed by atoms with Gasteiger partial charge in [0, 0.05) is 17.1 Å². The largest absolute Gasteiger partial charge is 0.383 e. The molecule has 2 aromatic heterocycles. The van der Waals surface area contributed by atoms with Crippen molar-refractivity contribution in [2.45, 2.75) is 13.5 Å². The molecule has 0 radical (unpaired) electrons. The molecular formula is C8H10N4S2. The molecule has 74 valence electrons. The predicted octanol–water partition coefficient (Wildman–Crippen LogP) is 2.10. The van der Waals surface area contributed by atoms with Crippen LogP contribution < -0.4 is 11.1 Å². The fourth-order valence-corrected chi connectivity index (χ4v) is 2.33. The Bertz CT molecular complexity index is 380. The van der Waals surface area contributed by atoms with E-state index in [9.17, 15) is 0 Å². The second kappa shape index (κ2) is 3.93. The standard InChI is InChI=1S/C8H10N4S2/c1-5-10-3-6(13-5)4-11-8-2-7(9)12-14-8/h2-3,11H,4H2,1H3,(H2,9,12). The SMILES string of the molecule is Cc1ncc(CNc2cc(N)ns2)s1. The van der Waals surface area contributed by atoms with Crippen LogP contribution in [-0.4, -0.2) is 9.36 Å². The molecule has 0 fully saturated rings. The number of thiazole rings is 1. The maximum Gasteiger partial charge on any atom is 0.139 e. The molecule has 0 spiro atoms. The molecule has 6 heteroatoms. The van der Waals surface area contributed by atoms with Crippen molar-refractivity contribution in [1.82, 2.24) is 9.36 Å². The van der Waals surface area contributed by atoms with E-state index in [0.717, 1.165) is 16.6 Å². The van der Waals surface area contributed by atoms with E-state index in [0.29, 0.717) is 5.82 Å². The summed E-state index contributed by atoms with van der Waals surface area (Å²) in [6, 6.07) is 1.83. The highest BCUT2D eigenvalue weighted by Crippen LogP contribution is 2.19. The minimum atomic E-state index is 0.568. The molecule has 0 aliphatic carbocycles. The van der Waals surface area contributed by atoms with Crippen LogP contribution in [0.5, 0.6) is 0 Å². The van der Waals surface area contributed by atoms with E-state index in [2.05, 4.69) is 14.7 Å². The van der Waals surface area contributed by atoms with Crippen LogP contribution in [0.15, 0.2) is 12.3 Å². The van der Waals surface area contributed by atoms with Gasteiger partial charge in [-0.3, -0.25) is 0 Å². The summed E-state index contributed by atoms with van der Waals surface area (Å²) in [5.41, 5.74) is 5.50. The van der Waals surface area contributed by atoms with E-state index < -0.39 is 0 Å². The molecule has 14 heavy (non-hydrogen) atoms. The quantitative estimate of drug-likeness (QED) is 0.841. The van der Waals surface area contributed by atoms with Gasteiger partial charge in [-0.2, -0.15) is 4.37 Å². The maximum absolute atomic E-state index is 5.50. The van der Waals surface area contributed by atoms with E-state index in [4.69, 9.17) is 5.73 Å². The molecule has 0 amide bonds. The highest BCUT2D eigenvalue weighted by Gasteiger charge is 2.00. The van der Waals surface area contributed by atoms with Crippen molar-refractivity contribution in [2.24, 2.45) is 0 Å². The highest BCUT2D eigenvalue weighted by molar-refractivity contribution is 7.11. The first-order valence-electron chi connectivity index (χ1n) is 4.11. The van der Waals surface area contributed by atoms with Crippen molar-refractivity contribution < 1.29 is 0 Å². The van der Waals surface area contributed by atoms with Crippen LogP contribution in [0, 0.1) is 6.92 Å². The summed E-state index contributed by atoms with van der Waals surface area (Å²) < 4.78 is 3.98. The van der Waals surface area contributed by atoms with Crippen molar-refractivity contribution in [3.63, 3.8) is 0 Å². The van der Waals surface area contributed by atoms with Gasteiger partial charge >= 0.3 is 0 Å². The number of nitrogens with two attached hydrogens (primary N) is 1. The van der Waals surface area contributed by atoms with E-state index in [1.165, 1.54) is 16.4 Å². The number of aromatic nitrogens is 2. The van der Waals surface area contributed by atoms with Gasteiger partial charge in [0.15, 0.2) is 0 Å². The number of hydrogen-bond acceptors (Lipinski definition) is 6. The fraction of sp³-hybridized carbons (Fsp3) is 0.250. The number of nitrogens with one attached hydrogen (secondary N) is 1. The molecule has 0 aliphatic rings. The molecule has 3 N–H and O–H groups in total.